The number of imidazole rings is 1. The third-order valence-corrected chi connectivity index (χ3v) is 3.55. The molecule has 5 nitrogen and oxygen atoms in total. The van der Waals surface area contributed by atoms with Crippen molar-refractivity contribution in [3.63, 3.8) is 0 Å². The maximum atomic E-state index is 4.43. The van der Waals surface area contributed by atoms with E-state index in [1.807, 2.05) is 25.6 Å². The molecule has 94 valence electrons. The Morgan fingerprint density at radius 1 is 1.28 bits per heavy atom. The van der Waals surface area contributed by atoms with Crippen LogP contribution in [0.1, 0.15) is 30.4 Å². The summed E-state index contributed by atoms with van der Waals surface area (Å²) >= 11 is 0. The van der Waals surface area contributed by atoms with Gasteiger partial charge in [0.2, 0.25) is 0 Å². The zero-order chi connectivity index (χ0) is 12.4. The van der Waals surface area contributed by atoms with E-state index in [1.54, 1.807) is 12.4 Å². The molecule has 0 bridgehead atoms. The molecule has 0 N–H and O–H groups in total. The first-order valence-corrected chi connectivity index (χ1v) is 6.31. The molecule has 0 amide bonds. The molecule has 0 aliphatic carbocycles. The van der Waals surface area contributed by atoms with E-state index in [4.69, 9.17) is 0 Å². The Labute approximate surface area is 107 Å². The van der Waals surface area contributed by atoms with Crippen LogP contribution < -0.4 is 0 Å². The van der Waals surface area contributed by atoms with Crippen molar-refractivity contribution in [1.82, 2.24) is 24.4 Å². The SMILES string of the molecule is Cn1ccnc1CN1CCC[C@H]1c1cnccn1. The molecule has 1 fully saturated rings. The lowest BCUT2D eigenvalue weighted by Crippen LogP contribution is -2.25. The lowest BCUT2D eigenvalue weighted by molar-refractivity contribution is 0.235. The monoisotopic (exact) mass is 243 g/mol. The van der Waals surface area contributed by atoms with Gasteiger partial charge in [-0.3, -0.25) is 14.9 Å². The predicted molar refractivity (Wildman–Crippen MR) is 67.6 cm³/mol. The second kappa shape index (κ2) is 4.86. The molecule has 1 aliphatic heterocycles. The topological polar surface area (TPSA) is 46.8 Å². The molecule has 5 heteroatoms. The van der Waals surface area contributed by atoms with Crippen molar-refractivity contribution >= 4 is 0 Å². The summed E-state index contributed by atoms with van der Waals surface area (Å²) in [6.07, 6.45) is 11.6. The van der Waals surface area contributed by atoms with Crippen LogP contribution in [0.2, 0.25) is 0 Å². The van der Waals surface area contributed by atoms with Crippen molar-refractivity contribution in [2.75, 3.05) is 6.54 Å². The van der Waals surface area contributed by atoms with Gasteiger partial charge in [0.15, 0.2) is 0 Å². The zero-order valence-corrected chi connectivity index (χ0v) is 10.5. The minimum Gasteiger partial charge on any atom is -0.337 e. The average Bonchev–Trinajstić information content (AvgIpc) is 3.01. The lowest BCUT2D eigenvalue weighted by atomic mass is 10.1. The van der Waals surface area contributed by atoms with E-state index < -0.39 is 0 Å². The van der Waals surface area contributed by atoms with Gasteiger partial charge in [-0.15, -0.1) is 0 Å². The Kier molecular flexibility index (Phi) is 3.06. The molecule has 2 aromatic rings. The highest BCUT2D eigenvalue weighted by atomic mass is 15.2. The Hall–Kier alpha value is -1.75. The van der Waals surface area contributed by atoms with E-state index in [1.165, 1.54) is 6.42 Å². The second-order valence-electron chi connectivity index (χ2n) is 4.71. The fourth-order valence-electron chi connectivity index (χ4n) is 2.56. The normalized spacial score (nSPS) is 20.4. The minimum absolute atomic E-state index is 0.385. The Balaban J connectivity index is 1.78. The van der Waals surface area contributed by atoms with Crippen molar-refractivity contribution in [2.45, 2.75) is 25.4 Å². The summed E-state index contributed by atoms with van der Waals surface area (Å²) in [5, 5.41) is 0. The van der Waals surface area contributed by atoms with Crippen molar-refractivity contribution < 1.29 is 0 Å². The van der Waals surface area contributed by atoms with Crippen LogP contribution in [0.3, 0.4) is 0 Å². The van der Waals surface area contributed by atoms with E-state index in [-0.39, 0.29) is 0 Å². The molecule has 1 atom stereocenters. The standard InChI is InChI=1S/C13H17N5/c1-17-8-6-16-13(17)10-18-7-2-3-12(18)11-9-14-4-5-15-11/h4-6,8-9,12H,2-3,7,10H2,1H3/t12-/m0/s1. The molecule has 0 radical (unpaired) electrons. The van der Waals surface area contributed by atoms with Gasteiger partial charge in [-0.25, -0.2) is 4.98 Å². The first-order chi connectivity index (χ1) is 8.84. The molecule has 0 spiro atoms. The first-order valence-electron chi connectivity index (χ1n) is 6.31. The van der Waals surface area contributed by atoms with Crippen LogP contribution in [0.25, 0.3) is 0 Å². The van der Waals surface area contributed by atoms with Crippen molar-refractivity contribution in [3.8, 4) is 0 Å². The number of aromatic nitrogens is 4. The summed E-state index contributed by atoms with van der Waals surface area (Å²) in [6, 6.07) is 0.385. The van der Waals surface area contributed by atoms with E-state index in [2.05, 4.69) is 24.4 Å². The van der Waals surface area contributed by atoms with Gasteiger partial charge in [0, 0.05) is 38.0 Å². The van der Waals surface area contributed by atoms with Crippen LogP contribution in [-0.2, 0) is 13.6 Å². The van der Waals surface area contributed by atoms with Crippen LogP contribution in [0.5, 0.6) is 0 Å². The number of likely N-dealkylation sites (tertiary alicyclic amines) is 1. The van der Waals surface area contributed by atoms with Crippen LogP contribution in [-0.4, -0.2) is 31.0 Å². The number of nitrogens with zero attached hydrogens (tertiary/aromatic N) is 5. The summed E-state index contributed by atoms with van der Waals surface area (Å²) in [5.41, 5.74) is 1.07. The predicted octanol–water partition coefficient (Wildman–Crippen LogP) is 1.55. The summed E-state index contributed by atoms with van der Waals surface area (Å²) in [4.78, 5) is 15.4. The highest BCUT2D eigenvalue weighted by molar-refractivity contribution is 5.06. The largest absolute Gasteiger partial charge is 0.337 e. The third-order valence-electron chi connectivity index (χ3n) is 3.55. The maximum Gasteiger partial charge on any atom is 0.122 e. The zero-order valence-electron chi connectivity index (χ0n) is 10.5. The fraction of sp³-hybridized carbons (Fsp3) is 0.462. The van der Waals surface area contributed by atoms with E-state index in [0.717, 1.165) is 31.0 Å². The molecule has 0 aromatic carbocycles. The summed E-state index contributed by atoms with van der Waals surface area (Å²) in [7, 11) is 2.04. The quantitative estimate of drug-likeness (QED) is 0.820. The van der Waals surface area contributed by atoms with Gasteiger partial charge in [-0.2, -0.15) is 0 Å². The van der Waals surface area contributed by atoms with Crippen molar-refractivity contribution in [3.05, 3.63) is 42.5 Å². The second-order valence-corrected chi connectivity index (χ2v) is 4.71. The Morgan fingerprint density at radius 3 is 2.94 bits per heavy atom. The molecule has 2 aromatic heterocycles. The van der Waals surface area contributed by atoms with Gasteiger partial charge in [0.05, 0.1) is 18.3 Å². The third kappa shape index (κ3) is 2.13. The van der Waals surface area contributed by atoms with Gasteiger partial charge in [0.1, 0.15) is 5.82 Å². The molecular formula is C13H17N5. The smallest absolute Gasteiger partial charge is 0.122 e. The molecule has 1 aliphatic rings. The number of hydrogen-bond acceptors (Lipinski definition) is 4. The lowest BCUT2D eigenvalue weighted by Gasteiger charge is -2.23. The van der Waals surface area contributed by atoms with Crippen LogP contribution in [0.15, 0.2) is 31.0 Å². The number of aryl methyl sites for hydroxylation is 1. The maximum absolute atomic E-state index is 4.43. The van der Waals surface area contributed by atoms with Crippen LogP contribution >= 0.6 is 0 Å². The minimum atomic E-state index is 0.385. The number of rotatable bonds is 3. The summed E-state index contributed by atoms with van der Waals surface area (Å²) in [6.45, 7) is 1.98. The Bertz CT molecular complexity index is 507. The van der Waals surface area contributed by atoms with Gasteiger partial charge in [-0.1, -0.05) is 0 Å². The van der Waals surface area contributed by atoms with E-state index in [9.17, 15) is 0 Å². The summed E-state index contributed by atoms with van der Waals surface area (Å²) < 4.78 is 2.08. The molecule has 1 saturated heterocycles. The molecule has 18 heavy (non-hydrogen) atoms. The first kappa shape index (κ1) is 11.3. The molecule has 0 saturated carbocycles. The molecule has 0 unspecified atom stereocenters. The van der Waals surface area contributed by atoms with E-state index >= 15 is 0 Å². The van der Waals surface area contributed by atoms with Crippen LogP contribution in [0.4, 0.5) is 0 Å². The highest BCUT2D eigenvalue weighted by Gasteiger charge is 2.27. The van der Waals surface area contributed by atoms with Gasteiger partial charge in [-0.05, 0) is 19.4 Å². The Morgan fingerprint density at radius 2 is 2.22 bits per heavy atom. The molecule has 3 rings (SSSR count). The van der Waals surface area contributed by atoms with Gasteiger partial charge >= 0.3 is 0 Å². The van der Waals surface area contributed by atoms with E-state index in [0.29, 0.717) is 6.04 Å². The summed E-state index contributed by atoms with van der Waals surface area (Å²) in [5.74, 6) is 1.10. The highest BCUT2D eigenvalue weighted by Crippen LogP contribution is 2.31. The van der Waals surface area contributed by atoms with Crippen molar-refractivity contribution in [2.24, 2.45) is 7.05 Å². The van der Waals surface area contributed by atoms with Gasteiger partial charge in [0.25, 0.3) is 0 Å². The van der Waals surface area contributed by atoms with Crippen LogP contribution in [0, 0.1) is 0 Å². The fourth-order valence-corrected chi connectivity index (χ4v) is 2.56. The number of hydrogen-bond donors (Lipinski definition) is 0. The van der Waals surface area contributed by atoms with Gasteiger partial charge < -0.3 is 4.57 Å². The molecular weight excluding hydrogens is 226 g/mol. The van der Waals surface area contributed by atoms with Crippen molar-refractivity contribution in [1.29, 1.82) is 0 Å². The molecule has 3 heterocycles. The average molecular weight is 243 g/mol.